The van der Waals surface area contributed by atoms with Gasteiger partial charge in [-0.2, -0.15) is 0 Å². The van der Waals surface area contributed by atoms with Gasteiger partial charge >= 0.3 is 0 Å². The van der Waals surface area contributed by atoms with E-state index in [4.69, 9.17) is 19.4 Å². The maximum absolute atomic E-state index is 6.73. The molecule has 58 heavy (non-hydrogen) atoms. The smallest absolute Gasteiger partial charge is 0.161 e. The average Bonchev–Trinajstić information content (AvgIpc) is 3.87. The number of para-hydroxylation sites is 1. The number of furan rings is 1. The lowest BCUT2D eigenvalue weighted by atomic mass is 9.97. The lowest BCUT2D eigenvalue weighted by Crippen LogP contribution is -1.96. The third-order valence-corrected chi connectivity index (χ3v) is 12.4. The van der Waals surface area contributed by atoms with E-state index in [2.05, 4.69) is 170 Å². The number of pyridine rings is 1. The Labute approximate surface area is 337 Å². The van der Waals surface area contributed by atoms with Crippen LogP contribution in [0.4, 0.5) is 0 Å². The van der Waals surface area contributed by atoms with Crippen LogP contribution in [0.25, 0.3) is 120 Å². The van der Waals surface area contributed by atoms with E-state index >= 15 is 0 Å². The molecule has 0 unspecified atom stereocenters. The Kier molecular flexibility index (Phi) is 7.37. The molecular weight excluding hydrogens is 727 g/mol. The van der Waals surface area contributed by atoms with Gasteiger partial charge in [-0.15, -0.1) is 11.3 Å². The summed E-state index contributed by atoms with van der Waals surface area (Å²) in [6.45, 7) is 0. The van der Waals surface area contributed by atoms with Crippen molar-refractivity contribution in [1.29, 1.82) is 0 Å². The highest BCUT2D eigenvalue weighted by atomic mass is 32.1. The first-order valence-electron chi connectivity index (χ1n) is 19.4. The first kappa shape index (κ1) is 32.7. The van der Waals surface area contributed by atoms with Crippen LogP contribution in [0.2, 0.25) is 0 Å². The molecule has 270 valence electrons. The quantitative estimate of drug-likeness (QED) is 0.164. The van der Waals surface area contributed by atoms with Gasteiger partial charge in [0.25, 0.3) is 0 Å². The predicted octanol–water partition coefficient (Wildman–Crippen LogP) is 14.8. The molecule has 0 atom stereocenters. The van der Waals surface area contributed by atoms with E-state index in [1.165, 1.54) is 20.2 Å². The topological polar surface area (TPSA) is 51.8 Å². The molecule has 12 rings (SSSR count). The molecule has 0 aliphatic carbocycles. The molecule has 5 heteroatoms. The monoisotopic (exact) mass is 757 g/mol. The fourth-order valence-electron chi connectivity index (χ4n) is 8.53. The summed E-state index contributed by atoms with van der Waals surface area (Å²) in [4.78, 5) is 15.6. The van der Waals surface area contributed by atoms with Crippen LogP contribution in [-0.4, -0.2) is 15.0 Å². The van der Waals surface area contributed by atoms with Crippen molar-refractivity contribution in [2.45, 2.75) is 0 Å². The van der Waals surface area contributed by atoms with E-state index in [0.29, 0.717) is 0 Å². The number of aromatic nitrogens is 3. The zero-order chi connectivity index (χ0) is 38.2. The second kappa shape index (κ2) is 13.1. The SMILES string of the molecule is c1ccc(-c2cc(-c3ccc(-c4ccc5oc6c(ccc7c(-c8ccccc8)nc8ccccc8c76)c5c4)cc3)nc(-c3cccc4sc5ccccc5c34)n2)cc1. The molecule has 0 amide bonds. The highest BCUT2D eigenvalue weighted by molar-refractivity contribution is 7.25. The van der Waals surface area contributed by atoms with E-state index in [1.54, 1.807) is 0 Å². The van der Waals surface area contributed by atoms with Gasteiger partial charge in [0.1, 0.15) is 11.2 Å². The van der Waals surface area contributed by atoms with Gasteiger partial charge in [-0.3, -0.25) is 0 Å². The summed E-state index contributed by atoms with van der Waals surface area (Å²) in [6.07, 6.45) is 0. The number of thiophene rings is 1. The molecule has 4 nitrogen and oxygen atoms in total. The van der Waals surface area contributed by atoms with Gasteiger partial charge in [-0.05, 0) is 53.6 Å². The molecule has 0 bridgehead atoms. The summed E-state index contributed by atoms with van der Waals surface area (Å²) in [5.41, 5.74) is 11.9. The molecule has 0 radical (unpaired) electrons. The second-order valence-electron chi connectivity index (χ2n) is 14.7. The minimum Gasteiger partial charge on any atom is -0.455 e. The van der Waals surface area contributed by atoms with Crippen molar-refractivity contribution in [3.8, 4) is 56.3 Å². The van der Waals surface area contributed by atoms with E-state index in [0.717, 1.165) is 99.9 Å². The minimum atomic E-state index is 0.721. The molecule has 4 heterocycles. The van der Waals surface area contributed by atoms with Crippen LogP contribution >= 0.6 is 11.3 Å². The summed E-state index contributed by atoms with van der Waals surface area (Å²) in [5, 5.41) is 7.86. The summed E-state index contributed by atoms with van der Waals surface area (Å²) >= 11 is 1.81. The van der Waals surface area contributed by atoms with E-state index in [-0.39, 0.29) is 0 Å². The van der Waals surface area contributed by atoms with Crippen LogP contribution in [-0.2, 0) is 0 Å². The summed E-state index contributed by atoms with van der Waals surface area (Å²) < 4.78 is 9.23. The number of benzene rings is 8. The van der Waals surface area contributed by atoms with Crippen molar-refractivity contribution in [1.82, 2.24) is 15.0 Å². The molecule has 0 aliphatic rings. The number of hydrogen-bond donors (Lipinski definition) is 0. The molecule has 8 aromatic carbocycles. The van der Waals surface area contributed by atoms with Gasteiger partial charge in [0, 0.05) is 69.4 Å². The fraction of sp³-hybridized carbons (Fsp3) is 0. The van der Waals surface area contributed by atoms with Crippen molar-refractivity contribution >= 4 is 75.1 Å². The zero-order valence-corrected chi connectivity index (χ0v) is 31.9. The van der Waals surface area contributed by atoms with E-state index < -0.39 is 0 Å². The maximum Gasteiger partial charge on any atom is 0.161 e. The highest BCUT2D eigenvalue weighted by Gasteiger charge is 2.19. The second-order valence-corrected chi connectivity index (χ2v) is 15.8. The van der Waals surface area contributed by atoms with E-state index in [1.807, 2.05) is 29.5 Å². The van der Waals surface area contributed by atoms with Crippen LogP contribution < -0.4 is 0 Å². The normalized spacial score (nSPS) is 11.8. The minimum absolute atomic E-state index is 0.721. The zero-order valence-electron chi connectivity index (χ0n) is 31.1. The molecule has 4 aromatic heterocycles. The summed E-state index contributed by atoms with van der Waals surface area (Å²) in [6, 6.07) is 65.9. The fourth-order valence-corrected chi connectivity index (χ4v) is 9.66. The van der Waals surface area contributed by atoms with Crippen molar-refractivity contribution in [3.63, 3.8) is 0 Å². The highest BCUT2D eigenvalue weighted by Crippen LogP contribution is 2.43. The molecular formula is C53H31N3OS. The Balaban J connectivity index is 0.973. The molecule has 12 aromatic rings. The van der Waals surface area contributed by atoms with E-state index in [9.17, 15) is 0 Å². The largest absolute Gasteiger partial charge is 0.455 e. The average molecular weight is 758 g/mol. The van der Waals surface area contributed by atoms with Gasteiger partial charge in [-0.1, -0.05) is 146 Å². The van der Waals surface area contributed by atoms with Crippen LogP contribution in [0.5, 0.6) is 0 Å². The molecule has 0 aliphatic heterocycles. The number of hydrogen-bond acceptors (Lipinski definition) is 5. The summed E-state index contributed by atoms with van der Waals surface area (Å²) in [7, 11) is 0. The van der Waals surface area contributed by atoms with Crippen molar-refractivity contribution in [3.05, 3.63) is 188 Å². The van der Waals surface area contributed by atoms with Crippen molar-refractivity contribution in [2.75, 3.05) is 0 Å². The van der Waals surface area contributed by atoms with Gasteiger partial charge < -0.3 is 4.42 Å². The van der Waals surface area contributed by atoms with Crippen molar-refractivity contribution in [2.24, 2.45) is 0 Å². The Morgan fingerprint density at radius 3 is 1.83 bits per heavy atom. The predicted molar refractivity (Wildman–Crippen MR) is 242 cm³/mol. The van der Waals surface area contributed by atoms with Gasteiger partial charge in [0.15, 0.2) is 5.82 Å². The third kappa shape index (κ3) is 5.25. The first-order chi connectivity index (χ1) is 28.7. The number of rotatable bonds is 5. The van der Waals surface area contributed by atoms with Crippen LogP contribution in [0, 0.1) is 0 Å². The maximum atomic E-state index is 6.73. The lowest BCUT2D eigenvalue weighted by molar-refractivity contribution is 0.673. The third-order valence-electron chi connectivity index (χ3n) is 11.3. The molecule has 0 saturated carbocycles. The van der Waals surface area contributed by atoms with Gasteiger partial charge in [0.05, 0.1) is 22.6 Å². The molecule has 0 saturated heterocycles. The van der Waals surface area contributed by atoms with Gasteiger partial charge in [0.2, 0.25) is 0 Å². The number of nitrogens with zero attached hydrogens (tertiary/aromatic N) is 3. The van der Waals surface area contributed by atoms with Crippen molar-refractivity contribution < 1.29 is 4.42 Å². The molecule has 0 fully saturated rings. The number of fused-ring (bicyclic) bond motifs is 10. The van der Waals surface area contributed by atoms with Crippen LogP contribution in [0.3, 0.4) is 0 Å². The Morgan fingerprint density at radius 2 is 1.02 bits per heavy atom. The Morgan fingerprint density at radius 1 is 0.379 bits per heavy atom. The van der Waals surface area contributed by atoms with Crippen LogP contribution in [0.15, 0.2) is 192 Å². The Bertz CT molecular complexity index is 3550. The lowest BCUT2D eigenvalue weighted by Gasteiger charge is -2.11. The summed E-state index contributed by atoms with van der Waals surface area (Å²) in [5.74, 6) is 0.721. The standard InChI is InChI=1S/C53H31N3OS/c1-3-12-33(13-4-1)44-31-45(56-53(55-44)41-18-11-21-48-49(41)39-17-8-10-20-47(39)58-48)34-24-22-32(23-25-34)36-26-29-46-42(30-36)37-27-28-40-50(52(37)57-46)38-16-7-9-19-43(38)54-51(40)35-14-5-2-6-15-35/h1-31H. The molecule has 0 N–H and O–H groups in total. The van der Waals surface area contributed by atoms with Gasteiger partial charge in [-0.25, -0.2) is 15.0 Å². The first-order valence-corrected chi connectivity index (χ1v) is 20.2. The van der Waals surface area contributed by atoms with Crippen LogP contribution in [0.1, 0.15) is 0 Å². The Hall–Kier alpha value is -7.47. The molecule has 0 spiro atoms.